The minimum absolute atomic E-state index is 0.00101. The van der Waals surface area contributed by atoms with Gasteiger partial charge in [-0.15, -0.1) is 0 Å². The highest BCUT2D eigenvalue weighted by molar-refractivity contribution is 7.90. The summed E-state index contributed by atoms with van der Waals surface area (Å²) in [5.74, 6) is -1.68. The number of hydrogen-bond donors (Lipinski definition) is 2. The predicted octanol–water partition coefficient (Wildman–Crippen LogP) is 3.75. The maximum atomic E-state index is 14.9. The second-order valence-electron chi connectivity index (χ2n) is 7.00. The summed E-state index contributed by atoms with van der Waals surface area (Å²) in [6.07, 6.45) is 0. The van der Waals surface area contributed by atoms with Crippen molar-refractivity contribution >= 4 is 30.8 Å². The van der Waals surface area contributed by atoms with Crippen LogP contribution < -0.4 is 10.3 Å². The highest BCUT2D eigenvalue weighted by atomic mass is 32.2. The first-order chi connectivity index (χ1) is 15.0. The molecule has 0 heterocycles. The van der Waals surface area contributed by atoms with Crippen LogP contribution in [0.15, 0.2) is 82.6 Å². The summed E-state index contributed by atoms with van der Waals surface area (Å²) in [7, 11) is -9.32. The van der Waals surface area contributed by atoms with Gasteiger partial charge in [0.2, 0.25) is 20.0 Å². The van der Waals surface area contributed by atoms with Gasteiger partial charge in [-0.3, -0.25) is 0 Å². The molecule has 0 aliphatic carbocycles. The van der Waals surface area contributed by atoms with Gasteiger partial charge in [0.1, 0.15) is 11.6 Å². The van der Waals surface area contributed by atoms with E-state index in [0.29, 0.717) is 0 Å². The Morgan fingerprint density at radius 3 is 1.41 bits per heavy atom. The van der Waals surface area contributed by atoms with Crippen LogP contribution >= 0.6 is 0 Å². The Balaban J connectivity index is 2.45. The van der Waals surface area contributed by atoms with E-state index in [0.717, 1.165) is 12.1 Å². The molecule has 0 bridgehead atoms. The molecule has 0 amide bonds. The predicted molar refractivity (Wildman–Crippen MR) is 117 cm³/mol. The third kappa shape index (κ3) is 3.67. The van der Waals surface area contributed by atoms with Crippen molar-refractivity contribution in [1.82, 2.24) is 0 Å². The number of halogens is 2. The Labute approximate surface area is 183 Å². The van der Waals surface area contributed by atoms with E-state index < -0.39 is 47.0 Å². The molecule has 0 unspecified atom stereocenters. The van der Waals surface area contributed by atoms with Crippen molar-refractivity contribution < 1.29 is 25.6 Å². The van der Waals surface area contributed by atoms with E-state index >= 15 is 0 Å². The largest absolute Gasteiger partial charge is 0.239 e. The van der Waals surface area contributed by atoms with Gasteiger partial charge in [0, 0.05) is 27.6 Å². The van der Waals surface area contributed by atoms with Crippen molar-refractivity contribution in [3.8, 4) is 22.3 Å². The molecule has 4 aromatic rings. The van der Waals surface area contributed by atoms with Crippen LogP contribution in [-0.4, -0.2) is 16.8 Å². The van der Waals surface area contributed by atoms with Crippen molar-refractivity contribution in [1.29, 1.82) is 0 Å². The molecular weight excluding hydrogens is 458 g/mol. The van der Waals surface area contributed by atoms with Crippen molar-refractivity contribution in [2.45, 2.75) is 9.79 Å². The number of nitrogens with two attached hydrogens (primary N) is 2. The lowest BCUT2D eigenvalue weighted by Crippen LogP contribution is -2.20. The molecule has 0 spiro atoms. The minimum atomic E-state index is -4.72. The van der Waals surface area contributed by atoms with E-state index in [1.54, 1.807) is 0 Å². The van der Waals surface area contributed by atoms with E-state index in [2.05, 4.69) is 0 Å². The van der Waals surface area contributed by atoms with Gasteiger partial charge in [-0.1, -0.05) is 60.7 Å². The quantitative estimate of drug-likeness (QED) is 0.468. The molecule has 0 atom stereocenters. The maximum absolute atomic E-state index is 14.9. The normalized spacial score (nSPS) is 12.2. The first-order valence-corrected chi connectivity index (χ1v) is 12.2. The fourth-order valence-electron chi connectivity index (χ4n) is 3.80. The fourth-order valence-corrected chi connectivity index (χ4v) is 5.85. The smallest absolute Gasteiger partial charge is 0.225 e. The van der Waals surface area contributed by atoms with Gasteiger partial charge in [0.25, 0.3) is 0 Å². The summed E-state index contributed by atoms with van der Waals surface area (Å²) < 4.78 is 80.9. The lowest BCUT2D eigenvalue weighted by molar-refractivity contribution is 0.597. The molecule has 4 aromatic carbocycles. The van der Waals surface area contributed by atoms with Gasteiger partial charge < -0.3 is 0 Å². The Morgan fingerprint density at radius 1 is 0.531 bits per heavy atom. The van der Waals surface area contributed by atoms with Gasteiger partial charge in [0.15, 0.2) is 0 Å². The van der Waals surface area contributed by atoms with Crippen molar-refractivity contribution in [2.24, 2.45) is 10.3 Å². The van der Waals surface area contributed by atoms with Crippen LogP contribution in [0.2, 0.25) is 0 Å². The Kier molecular flexibility index (Phi) is 5.33. The van der Waals surface area contributed by atoms with Gasteiger partial charge >= 0.3 is 0 Å². The zero-order valence-electron chi connectivity index (χ0n) is 16.3. The third-order valence-electron chi connectivity index (χ3n) is 4.98. The molecular formula is C22H16F2N2O4S2. The number of primary sulfonamides is 2. The standard InChI is InChI=1S/C22H16F2N2O4S2/c23-17-11-5-3-9-15(17)19-13-7-1-2-8-14(13)21(31(25,27)28)20(22(19)32(26,29)30)16-10-4-6-12-18(16)24/h1-12H,(H2,25,27,28)(H2,26,29,30). The number of fused-ring (bicyclic) bond motifs is 1. The SMILES string of the molecule is NS(=O)(=O)c1c(-c2ccccc2F)c(S(N)(=O)=O)c2ccccc2c1-c1ccccc1F. The number of rotatable bonds is 4. The molecule has 4 N–H and O–H groups in total. The molecule has 6 nitrogen and oxygen atoms in total. The highest BCUT2D eigenvalue weighted by Gasteiger charge is 2.33. The molecule has 0 radical (unpaired) electrons. The van der Waals surface area contributed by atoms with Crippen LogP contribution in [0.4, 0.5) is 8.78 Å². The highest BCUT2D eigenvalue weighted by Crippen LogP contribution is 2.46. The second-order valence-corrected chi connectivity index (χ2v) is 10.0. The van der Waals surface area contributed by atoms with Crippen LogP contribution in [0, 0.1) is 11.6 Å². The van der Waals surface area contributed by atoms with E-state index in [1.165, 1.54) is 60.7 Å². The van der Waals surface area contributed by atoms with Crippen LogP contribution in [0.5, 0.6) is 0 Å². The van der Waals surface area contributed by atoms with E-state index in [-0.39, 0.29) is 27.5 Å². The average Bonchev–Trinajstić information content (AvgIpc) is 2.71. The van der Waals surface area contributed by atoms with E-state index in [9.17, 15) is 25.6 Å². The van der Waals surface area contributed by atoms with Crippen molar-refractivity contribution in [2.75, 3.05) is 0 Å². The van der Waals surface area contributed by atoms with Crippen LogP contribution in [0.25, 0.3) is 33.0 Å². The molecule has 164 valence electrons. The topological polar surface area (TPSA) is 120 Å². The second kappa shape index (κ2) is 7.75. The monoisotopic (exact) mass is 474 g/mol. The lowest BCUT2D eigenvalue weighted by atomic mass is 9.92. The Bertz CT molecular complexity index is 1600. The number of sulfonamides is 2. The fraction of sp³-hybridized carbons (Fsp3) is 0. The molecule has 4 rings (SSSR count). The van der Waals surface area contributed by atoms with E-state index in [4.69, 9.17) is 10.3 Å². The molecule has 0 aliphatic rings. The number of hydrogen-bond acceptors (Lipinski definition) is 4. The van der Waals surface area contributed by atoms with Gasteiger partial charge in [-0.05, 0) is 17.5 Å². The van der Waals surface area contributed by atoms with Crippen LogP contribution in [-0.2, 0) is 20.0 Å². The lowest BCUT2D eigenvalue weighted by Gasteiger charge is -2.21. The number of benzene rings is 4. The van der Waals surface area contributed by atoms with E-state index in [1.807, 2.05) is 0 Å². The molecule has 32 heavy (non-hydrogen) atoms. The van der Waals surface area contributed by atoms with Gasteiger partial charge in [-0.25, -0.2) is 35.9 Å². The summed E-state index contributed by atoms with van der Waals surface area (Å²) in [6, 6.07) is 16.2. The molecule has 0 aliphatic heterocycles. The molecule has 0 saturated heterocycles. The minimum Gasteiger partial charge on any atom is -0.225 e. The first-order valence-electron chi connectivity index (χ1n) is 9.16. The molecule has 0 fully saturated rings. The molecule has 10 heteroatoms. The maximum Gasteiger partial charge on any atom is 0.239 e. The van der Waals surface area contributed by atoms with Crippen LogP contribution in [0.3, 0.4) is 0 Å². The zero-order chi connectivity index (χ0) is 23.3. The van der Waals surface area contributed by atoms with Crippen molar-refractivity contribution in [3.63, 3.8) is 0 Å². The summed E-state index contributed by atoms with van der Waals surface area (Å²) >= 11 is 0. The Hall–Kier alpha value is -3.18. The first kappa shape index (κ1) is 22.0. The summed E-state index contributed by atoms with van der Waals surface area (Å²) in [5.41, 5.74) is -1.24. The third-order valence-corrected chi connectivity index (χ3v) is 6.95. The summed E-state index contributed by atoms with van der Waals surface area (Å²) in [4.78, 5) is -1.36. The van der Waals surface area contributed by atoms with Crippen LogP contribution in [0.1, 0.15) is 0 Å². The van der Waals surface area contributed by atoms with Gasteiger partial charge in [0.05, 0.1) is 9.79 Å². The zero-order valence-corrected chi connectivity index (χ0v) is 17.9. The summed E-state index contributed by atoms with van der Waals surface area (Å²) in [5, 5.41) is 11.1. The summed E-state index contributed by atoms with van der Waals surface area (Å²) in [6.45, 7) is 0. The molecule has 0 aromatic heterocycles. The average molecular weight is 475 g/mol. The van der Waals surface area contributed by atoms with Crippen molar-refractivity contribution in [3.05, 3.63) is 84.4 Å². The Morgan fingerprint density at radius 2 is 0.938 bits per heavy atom. The molecule has 0 saturated carbocycles. The van der Waals surface area contributed by atoms with Gasteiger partial charge in [-0.2, -0.15) is 0 Å².